The lowest BCUT2D eigenvalue weighted by Gasteiger charge is -2.15. The maximum Gasteiger partial charge on any atom is 0.269 e. The number of pyridine rings is 1. The summed E-state index contributed by atoms with van der Waals surface area (Å²) in [6.45, 7) is 3.79. The van der Waals surface area contributed by atoms with Crippen molar-refractivity contribution in [2.24, 2.45) is 5.41 Å². The molecule has 0 saturated heterocycles. The number of halogens is 1. The SMILES string of the molecule is CC(C)(C#N)CNC(=O)c1ccc(Cl)cn1. The molecule has 0 atom stereocenters. The Hall–Kier alpha value is -1.60. The number of nitriles is 1. The minimum atomic E-state index is -0.581. The van der Waals surface area contributed by atoms with Crippen molar-refractivity contribution in [1.82, 2.24) is 10.3 Å². The average Bonchev–Trinajstić information content (AvgIpc) is 2.27. The van der Waals surface area contributed by atoms with Gasteiger partial charge in [-0.25, -0.2) is 4.98 Å². The van der Waals surface area contributed by atoms with Crippen LogP contribution >= 0.6 is 11.6 Å². The van der Waals surface area contributed by atoms with Crippen molar-refractivity contribution in [1.29, 1.82) is 5.26 Å². The van der Waals surface area contributed by atoms with E-state index >= 15 is 0 Å². The lowest BCUT2D eigenvalue weighted by atomic mass is 9.96. The third kappa shape index (κ3) is 3.52. The predicted octanol–water partition coefficient (Wildman–Crippen LogP) is 2.01. The quantitative estimate of drug-likeness (QED) is 0.875. The third-order valence-electron chi connectivity index (χ3n) is 1.95. The molecule has 0 spiro atoms. The zero-order chi connectivity index (χ0) is 12.2. The number of rotatable bonds is 3. The van der Waals surface area contributed by atoms with E-state index in [-0.39, 0.29) is 18.1 Å². The van der Waals surface area contributed by atoms with Crippen LogP contribution in [0.2, 0.25) is 5.02 Å². The molecule has 0 saturated carbocycles. The van der Waals surface area contributed by atoms with Crippen molar-refractivity contribution in [2.75, 3.05) is 6.54 Å². The van der Waals surface area contributed by atoms with Crippen molar-refractivity contribution in [3.05, 3.63) is 29.0 Å². The van der Waals surface area contributed by atoms with E-state index < -0.39 is 5.41 Å². The van der Waals surface area contributed by atoms with Gasteiger partial charge in [0.2, 0.25) is 0 Å². The van der Waals surface area contributed by atoms with Crippen molar-refractivity contribution in [2.45, 2.75) is 13.8 Å². The summed E-state index contributed by atoms with van der Waals surface area (Å²) in [5.74, 6) is -0.306. The van der Waals surface area contributed by atoms with Crippen LogP contribution in [0.15, 0.2) is 18.3 Å². The molecule has 0 aliphatic carbocycles. The first-order valence-corrected chi connectivity index (χ1v) is 5.13. The minimum Gasteiger partial charge on any atom is -0.349 e. The summed E-state index contributed by atoms with van der Waals surface area (Å²) in [7, 11) is 0. The summed E-state index contributed by atoms with van der Waals surface area (Å²) >= 11 is 5.65. The normalized spacial score (nSPS) is 10.6. The van der Waals surface area contributed by atoms with E-state index in [2.05, 4.69) is 16.4 Å². The molecule has 1 heterocycles. The first-order valence-electron chi connectivity index (χ1n) is 4.75. The number of hydrogen-bond acceptors (Lipinski definition) is 3. The van der Waals surface area contributed by atoms with Crippen LogP contribution < -0.4 is 5.32 Å². The van der Waals surface area contributed by atoms with Gasteiger partial charge >= 0.3 is 0 Å². The van der Waals surface area contributed by atoms with Crippen LogP contribution in [0.4, 0.5) is 0 Å². The number of carbonyl (C=O) groups excluding carboxylic acids is 1. The Kier molecular flexibility index (Phi) is 3.86. The fraction of sp³-hybridized carbons (Fsp3) is 0.364. The van der Waals surface area contributed by atoms with Gasteiger partial charge in [0.05, 0.1) is 16.5 Å². The van der Waals surface area contributed by atoms with E-state index in [1.165, 1.54) is 12.3 Å². The van der Waals surface area contributed by atoms with Gasteiger partial charge in [0.1, 0.15) is 5.69 Å². The molecule has 0 aliphatic heterocycles. The minimum absolute atomic E-state index is 0.284. The molecule has 0 fully saturated rings. The van der Waals surface area contributed by atoms with Crippen LogP contribution in [0.1, 0.15) is 24.3 Å². The van der Waals surface area contributed by atoms with Gasteiger partial charge in [0.15, 0.2) is 0 Å². The van der Waals surface area contributed by atoms with Crippen LogP contribution in [0.5, 0.6) is 0 Å². The van der Waals surface area contributed by atoms with Crippen molar-refractivity contribution in [3.8, 4) is 6.07 Å². The Balaban J connectivity index is 2.61. The molecule has 4 nitrogen and oxygen atoms in total. The van der Waals surface area contributed by atoms with Gasteiger partial charge in [-0.2, -0.15) is 5.26 Å². The van der Waals surface area contributed by atoms with Gasteiger partial charge in [-0.15, -0.1) is 0 Å². The van der Waals surface area contributed by atoms with Crippen molar-refractivity contribution in [3.63, 3.8) is 0 Å². The predicted molar refractivity (Wildman–Crippen MR) is 61.0 cm³/mol. The van der Waals surface area contributed by atoms with Gasteiger partial charge in [-0.05, 0) is 26.0 Å². The van der Waals surface area contributed by atoms with Gasteiger partial charge in [-0.3, -0.25) is 4.79 Å². The van der Waals surface area contributed by atoms with Crippen LogP contribution in [-0.2, 0) is 0 Å². The van der Waals surface area contributed by atoms with E-state index in [4.69, 9.17) is 16.9 Å². The second kappa shape index (κ2) is 4.95. The topological polar surface area (TPSA) is 65.8 Å². The molecule has 0 aromatic carbocycles. The first-order chi connectivity index (χ1) is 7.44. The summed E-state index contributed by atoms with van der Waals surface area (Å²) in [5, 5.41) is 11.9. The Morgan fingerprint density at radius 2 is 2.31 bits per heavy atom. The van der Waals surface area contributed by atoms with E-state index in [1.54, 1.807) is 19.9 Å². The molecule has 0 aliphatic rings. The smallest absolute Gasteiger partial charge is 0.269 e. The third-order valence-corrected chi connectivity index (χ3v) is 2.18. The van der Waals surface area contributed by atoms with E-state index in [0.29, 0.717) is 5.02 Å². The highest BCUT2D eigenvalue weighted by molar-refractivity contribution is 6.30. The van der Waals surface area contributed by atoms with Gasteiger partial charge < -0.3 is 5.32 Å². The number of hydrogen-bond donors (Lipinski definition) is 1. The molecular weight excluding hydrogens is 226 g/mol. The van der Waals surface area contributed by atoms with E-state index in [0.717, 1.165) is 0 Å². The monoisotopic (exact) mass is 237 g/mol. The largest absolute Gasteiger partial charge is 0.349 e. The summed E-state index contributed by atoms with van der Waals surface area (Å²) < 4.78 is 0. The molecule has 1 rings (SSSR count). The molecule has 84 valence electrons. The first kappa shape index (κ1) is 12.5. The van der Waals surface area contributed by atoms with Crippen LogP contribution in [0, 0.1) is 16.7 Å². The van der Waals surface area contributed by atoms with E-state index in [9.17, 15) is 4.79 Å². The zero-order valence-electron chi connectivity index (χ0n) is 9.12. The van der Waals surface area contributed by atoms with Gasteiger partial charge in [0, 0.05) is 12.7 Å². The average molecular weight is 238 g/mol. The van der Waals surface area contributed by atoms with Crippen LogP contribution in [0.3, 0.4) is 0 Å². The van der Waals surface area contributed by atoms with Crippen molar-refractivity contribution < 1.29 is 4.79 Å². The van der Waals surface area contributed by atoms with Gasteiger partial charge in [0.25, 0.3) is 5.91 Å². The number of carbonyl (C=O) groups is 1. The molecule has 16 heavy (non-hydrogen) atoms. The van der Waals surface area contributed by atoms with Crippen LogP contribution in [0.25, 0.3) is 0 Å². The Morgan fingerprint density at radius 3 is 2.81 bits per heavy atom. The molecule has 0 bridgehead atoms. The maximum atomic E-state index is 11.6. The number of nitrogens with zero attached hydrogens (tertiary/aromatic N) is 2. The molecule has 5 heteroatoms. The fourth-order valence-electron chi connectivity index (χ4n) is 0.941. The highest BCUT2D eigenvalue weighted by Gasteiger charge is 2.18. The molecule has 1 aromatic rings. The second-order valence-electron chi connectivity index (χ2n) is 4.04. The Labute approximate surface area is 99.2 Å². The molecular formula is C11H12ClN3O. The number of nitrogens with one attached hydrogen (secondary N) is 1. The lowest BCUT2D eigenvalue weighted by Crippen LogP contribution is -2.33. The molecule has 1 aromatic heterocycles. The lowest BCUT2D eigenvalue weighted by molar-refractivity contribution is 0.0939. The molecule has 0 radical (unpaired) electrons. The number of aromatic nitrogens is 1. The Bertz CT molecular complexity index is 420. The number of amides is 1. The zero-order valence-corrected chi connectivity index (χ0v) is 9.88. The molecule has 1 N–H and O–H groups in total. The molecule has 1 amide bonds. The highest BCUT2D eigenvalue weighted by Crippen LogP contribution is 2.11. The van der Waals surface area contributed by atoms with Crippen LogP contribution in [-0.4, -0.2) is 17.4 Å². The van der Waals surface area contributed by atoms with Gasteiger partial charge in [-0.1, -0.05) is 11.6 Å². The fourth-order valence-corrected chi connectivity index (χ4v) is 1.05. The van der Waals surface area contributed by atoms with E-state index in [1.807, 2.05) is 0 Å². The summed E-state index contributed by atoms with van der Waals surface area (Å²) in [6.07, 6.45) is 1.41. The second-order valence-corrected chi connectivity index (χ2v) is 4.48. The summed E-state index contributed by atoms with van der Waals surface area (Å²) in [4.78, 5) is 15.5. The van der Waals surface area contributed by atoms with Crippen molar-refractivity contribution >= 4 is 17.5 Å². The maximum absolute atomic E-state index is 11.6. The molecule has 0 unspecified atom stereocenters. The summed E-state index contributed by atoms with van der Waals surface area (Å²) in [6, 6.07) is 5.24. The Morgan fingerprint density at radius 1 is 1.62 bits per heavy atom. The highest BCUT2D eigenvalue weighted by atomic mass is 35.5. The summed E-state index contributed by atoms with van der Waals surface area (Å²) in [5.41, 5.74) is -0.291. The standard InChI is InChI=1S/C11H12ClN3O/c1-11(2,6-13)7-15-10(16)9-4-3-8(12)5-14-9/h3-5H,7H2,1-2H3,(H,15,16).